The third-order valence-corrected chi connectivity index (χ3v) is 2.64. The lowest BCUT2D eigenvalue weighted by atomic mass is 10.1. The van der Waals surface area contributed by atoms with E-state index < -0.39 is 0 Å². The summed E-state index contributed by atoms with van der Waals surface area (Å²) in [6.07, 6.45) is 0.950. The predicted molar refractivity (Wildman–Crippen MR) is 64.0 cm³/mol. The number of hydrogen-bond donors (Lipinski definition) is 2. The number of anilines is 1. The highest BCUT2D eigenvalue weighted by Crippen LogP contribution is 2.18. The van der Waals surface area contributed by atoms with Crippen molar-refractivity contribution in [1.82, 2.24) is 0 Å². The van der Waals surface area contributed by atoms with Gasteiger partial charge in [0.05, 0.1) is 6.61 Å². The molecule has 0 aliphatic heterocycles. The number of benzene rings is 1. The molecule has 0 heterocycles. The lowest BCUT2D eigenvalue weighted by Crippen LogP contribution is -2.21. The van der Waals surface area contributed by atoms with Crippen molar-refractivity contribution >= 4 is 5.69 Å². The van der Waals surface area contributed by atoms with Crippen molar-refractivity contribution in [2.75, 3.05) is 25.1 Å². The van der Waals surface area contributed by atoms with E-state index in [1.165, 1.54) is 5.56 Å². The summed E-state index contributed by atoms with van der Waals surface area (Å²) in [7, 11) is 1.96. The summed E-state index contributed by atoms with van der Waals surface area (Å²) in [5.74, 6) is 0. The van der Waals surface area contributed by atoms with Crippen LogP contribution in [-0.2, 0) is 0 Å². The van der Waals surface area contributed by atoms with Crippen molar-refractivity contribution < 1.29 is 5.11 Å². The van der Waals surface area contributed by atoms with Gasteiger partial charge in [0.15, 0.2) is 0 Å². The van der Waals surface area contributed by atoms with Crippen LogP contribution in [0.25, 0.3) is 0 Å². The molecule has 1 aromatic rings. The van der Waals surface area contributed by atoms with E-state index in [1.807, 2.05) is 24.1 Å². The first-order chi connectivity index (χ1) is 7.19. The zero-order valence-corrected chi connectivity index (χ0v) is 9.48. The molecular weight excluding hydrogens is 188 g/mol. The van der Waals surface area contributed by atoms with Crippen molar-refractivity contribution in [2.24, 2.45) is 5.73 Å². The maximum atomic E-state index is 8.82. The maximum absolute atomic E-state index is 8.82. The summed E-state index contributed by atoms with van der Waals surface area (Å²) in [6.45, 7) is 2.91. The van der Waals surface area contributed by atoms with Crippen molar-refractivity contribution in [3.8, 4) is 0 Å². The number of aliphatic hydroxyl groups is 1. The average molecular weight is 208 g/mol. The van der Waals surface area contributed by atoms with E-state index in [2.05, 4.69) is 19.1 Å². The van der Waals surface area contributed by atoms with Gasteiger partial charge in [-0.1, -0.05) is 19.1 Å². The van der Waals surface area contributed by atoms with E-state index in [4.69, 9.17) is 10.8 Å². The molecule has 0 saturated carbocycles. The first-order valence-corrected chi connectivity index (χ1v) is 5.36. The van der Waals surface area contributed by atoms with Crippen LogP contribution in [0.1, 0.15) is 24.9 Å². The molecule has 0 unspecified atom stereocenters. The monoisotopic (exact) mass is 208 g/mol. The van der Waals surface area contributed by atoms with Crippen LogP contribution in [0, 0.1) is 0 Å². The second-order valence-corrected chi connectivity index (χ2v) is 3.75. The van der Waals surface area contributed by atoms with Crippen LogP contribution in [0.2, 0.25) is 0 Å². The van der Waals surface area contributed by atoms with Gasteiger partial charge in [0.1, 0.15) is 0 Å². The Morgan fingerprint density at radius 1 is 1.33 bits per heavy atom. The van der Waals surface area contributed by atoms with Crippen LogP contribution in [-0.4, -0.2) is 25.3 Å². The van der Waals surface area contributed by atoms with Gasteiger partial charge in [0, 0.05) is 25.3 Å². The minimum absolute atomic E-state index is 0.127. The molecule has 1 atom stereocenters. The molecule has 0 amide bonds. The van der Waals surface area contributed by atoms with Gasteiger partial charge in [0.25, 0.3) is 0 Å². The van der Waals surface area contributed by atoms with E-state index >= 15 is 0 Å². The average Bonchev–Trinajstić information content (AvgIpc) is 2.28. The molecule has 84 valence electrons. The Balaban J connectivity index is 2.71. The van der Waals surface area contributed by atoms with Crippen LogP contribution in [0.5, 0.6) is 0 Å². The van der Waals surface area contributed by atoms with Gasteiger partial charge >= 0.3 is 0 Å². The molecule has 1 aromatic carbocycles. The Morgan fingerprint density at radius 2 is 1.93 bits per heavy atom. The first-order valence-electron chi connectivity index (χ1n) is 5.36. The van der Waals surface area contributed by atoms with E-state index in [0.717, 1.165) is 12.1 Å². The molecule has 3 N–H and O–H groups in total. The highest BCUT2D eigenvalue weighted by atomic mass is 16.3. The molecule has 0 radical (unpaired) electrons. The minimum Gasteiger partial charge on any atom is -0.395 e. The molecular formula is C12H20N2O. The molecule has 15 heavy (non-hydrogen) atoms. The molecule has 0 aromatic heterocycles. The highest BCUT2D eigenvalue weighted by Gasteiger charge is 2.04. The van der Waals surface area contributed by atoms with Gasteiger partial charge in [-0.15, -0.1) is 0 Å². The Hall–Kier alpha value is -1.06. The summed E-state index contributed by atoms with van der Waals surface area (Å²) in [4.78, 5) is 2.02. The lowest BCUT2D eigenvalue weighted by Gasteiger charge is -2.18. The number of likely N-dealkylation sites (N-methyl/N-ethyl adjacent to an activating group) is 1. The third kappa shape index (κ3) is 3.22. The van der Waals surface area contributed by atoms with Gasteiger partial charge in [-0.3, -0.25) is 0 Å². The Kier molecular flexibility index (Phi) is 4.59. The lowest BCUT2D eigenvalue weighted by molar-refractivity contribution is 0.304. The second-order valence-electron chi connectivity index (χ2n) is 3.75. The fraction of sp³-hybridized carbons (Fsp3) is 0.500. The standard InChI is InChI=1S/C12H20N2O/c1-3-12(13)10-4-6-11(7-5-10)14(2)8-9-15/h4-7,12,15H,3,8-9,13H2,1-2H3/t12-/m0/s1. The van der Waals surface area contributed by atoms with Crippen molar-refractivity contribution in [3.63, 3.8) is 0 Å². The highest BCUT2D eigenvalue weighted by molar-refractivity contribution is 5.47. The largest absolute Gasteiger partial charge is 0.395 e. The summed E-state index contributed by atoms with van der Waals surface area (Å²) in [5, 5.41) is 8.82. The van der Waals surface area contributed by atoms with Gasteiger partial charge < -0.3 is 15.7 Å². The van der Waals surface area contributed by atoms with Crippen LogP contribution in [0.3, 0.4) is 0 Å². The molecule has 0 bridgehead atoms. The van der Waals surface area contributed by atoms with Crippen molar-refractivity contribution in [1.29, 1.82) is 0 Å². The van der Waals surface area contributed by atoms with Crippen LogP contribution in [0.15, 0.2) is 24.3 Å². The summed E-state index contributed by atoms with van der Waals surface area (Å²) >= 11 is 0. The molecule has 1 rings (SSSR count). The number of hydrogen-bond acceptors (Lipinski definition) is 3. The van der Waals surface area contributed by atoms with Crippen LogP contribution < -0.4 is 10.6 Å². The van der Waals surface area contributed by atoms with E-state index in [9.17, 15) is 0 Å². The summed E-state index contributed by atoms with van der Waals surface area (Å²) in [5.41, 5.74) is 8.20. The first kappa shape index (κ1) is 12.0. The zero-order chi connectivity index (χ0) is 11.3. The number of rotatable bonds is 5. The Labute approximate surface area is 91.5 Å². The predicted octanol–water partition coefficient (Wildman–Crippen LogP) is 1.52. The van der Waals surface area contributed by atoms with Crippen LogP contribution >= 0.6 is 0 Å². The van der Waals surface area contributed by atoms with Crippen molar-refractivity contribution in [3.05, 3.63) is 29.8 Å². The van der Waals surface area contributed by atoms with Crippen LogP contribution in [0.4, 0.5) is 5.69 Å². The Bertz CT molecular complexity index is 284. The molecule has 0 fully saturated rings. The number of nitrogens with zero attached hydrogens (tertiary/aromatic N) is 1. The van der Waals surface area contributed by atoms with Gasteiger partial charge in [-0.05, 0) is 24.1 Å². The molecule has 0 aliphatic carbocycles. The van der Waals surface area contributed by atoms with E-state index in [-0.39, 0.29) is 12.6 Å². The summed E-state index contributed by atoms with van der Waals surface area (Å²) in [6, 6.07) is 8.32. The normalized spacial score (nSPS) is 12.5. The van der Waals surface area contributed by atoms with Crippen molar-refractivity contribution in [2.45, 2.75) is 19.4 Å². The zero-order valence-electron chi connectivity index (χ0n) is 9.48. The minimum atomic E-state index is 0.127. The van der Waals surface area contributed by atoms with E-state index in [0.29, 0.717) is 6.54 Å². The van der Waals surface area contributed by atoms with Gasteiger partial charge in [0.2, 0.25) is 0 Å². The summed E-state index contributed by atoms with van der Waals surface area (Å²) < 4.78 is 0. The van der Waals surface area contributed by atoms with Gasteiger partial charge in [-0.2, -0.15) is 0 Å². The van der Waals surface area contributed by atoms with E-state index in [1.54, 1.807) is 0 Å². The maximum Gasteiger partial charge on any atom is 0.0606 e. The molecule has 0 spiro atoms. The van der Waals surface area contributed by atoms with Gasteiger partial charge in [-0.25, -0.2) is 0 Å². The number of aliphatic hydroxyl groups excluding tert-OH is 1. The fourth-order valence-electron chi connectivity index (χ4n) is 1.49. The SMILES string of the molecule is CC[C@H](N)c1ccc(N(C)CCO)cc1. The quantitative estimate of drug-likeness (QED) is 0.771. The number of nitrogens with two attached hydrogens (primary N) is 1. The second kappa shape index (κ2) is 5.73. The molecule has 0 aliphatic rings. The Morgan fingerprint density at radius 3 is 2.40 bits per heavy atom. The topological polar surface area (TPSA) is 49.5 Å². The molecule has 3 heteroatoms. The smallest absolute Gasteiger partial charge is 0.0606 e. The molecule has 0 saturated heterocycles. The third-order valence-electron chi connectivity index (χ3n) is 2.64. The molecule has 3 nitrogen and oxygen atoms in total. The fourth-order valence-corrected chi connectivity index (χ4v) is 1.49.